The highest BCUT2D eigenvalue weighted by atomic mass is 35.5. The molecule has 0 aliphatic carbocycles. The second kappa shape index (κ2) is 5.00. The molecule has 82 valence electrons. The molecule has 16 heavy (non-hydrogen) atoms. The van der Waals surface area contributed by atoms with Crippen LogP contribution in [0.4, 0.5) is 5.69 Å². The predicted molar refractivity (Wildman–Crippen MR) is 71.4 cm³/mol. The van der Waals surface area contributed by atoms with Crippen molar-refractivity contribution in [2.24, 2.45) is 0 Å². The van der Waals surface area contributed by atoms with Crippen LogP contribution in [0.1, 0.15) is 0 Å². The maximum Gasteiger partial charge on any atom is 0.0546 e. The van der Waals surface area contributed by atoms with Gasteiger partial charge < -0.3 is 5.73 Å². The number of rotatable bonds is 2. The number of benzene rings is 2. The first kappa shape index (κ1) is 11.6. The SMILES string of the molecule is Nc1cccc(Sc2cc(Cl)ccc2Cl)c1. The van der Waals surface area contributed by atoms with Gasteiger partial charge in [-0.05, 0) is 36.4 Å². The lowest BCUT2D eigenvalue weighted by Crippen LogP contribution is -1.83. The van der Waals surface area contributed by atoms with Crippen LogP contribution in [-0.2, 0) is 0 Å². The molecule has 0 unspecified atom stereocenters. The quantitative estimate of drug-likeness (QED) is 0.798. The predicted octanol–water partition coefficient (Wildman–Crippen LogP) is 4.73. The third-order valence-corrected chi connectivity index (χ3v) is 3.70. The first-order valence-corrected chi connectivity index (χ1v) is 6.21. The summed E-state index contributed by atoms with van der Waals surface area (Å²) < 4.78 is 0. The summed E-state index contributed by atoms with van der Waals surface area (Å²) in [6.45, 7) is 0. The molecule has 4 heteroatoms. The lowest BCUT2D eigenvalue weighted by molar-refractivity contribution is 1.41. The van der Waals surface area contributed by atoms with Gasteiger partial charge in [0.25, 0.3) is 0 Å². The maximum atomic E-state index is 6.08. The van der Waals surface area contributed by atoms with Crippen molar-refractivity contribution in [1.29, 1.82) is 0 Å². The highest BCUT2D eigenvalue weighted by Gasteiger charge is 2.03. The number of nitrogen functional groups attached to an aromatic ring is 1. The number of halogens is 2. The minimum absolute atomic E-state index is 0.677. The molecular weight excluding hydrogens is 261 g/mol. The third-order valence-electron chi connectivity index (χ3n) is 1.98. The van der Waals surface area contributed by atoms with Crippen molar-refractivity contribution in [3.05, 3.63) is 52.5 Å². The molecular formula is C12H9Cl2NS. The second-order valence-electron chi connectivity index (χ2n) is 3.25. The molecule has 0 aromatic heterocycles. The number of hydrogen-bond donors (Lipinski definition) is 1. The number of hydrogen-bond acceptors (Lipinski definition) is 2. The molecule has 1 nitrogen and oxygen atoms in total. The van der Waals surface area contributed by atoms with Crippen molar-refractivity contribution in [2.75, 3.05) is 5.73 Å². The van der Waals surface area contributed by atoms with Gasteiger partial charge in [0.15, 0.2) is 0 Å². The molecule has 0 radical (unpaired) electrons. The average molecular weight is 270 g/mol. The van der Waals surface area contributed by atoms with Crippen LogP contribution in [0.15, 0.2) is 52.3 Å². The molecule has 2 aromatic carbocycles. The van der Waals surface area contributed by atoms with Crippen LogP contribution < -0.4 is 5.73 Å². The molecule has 0 fully saturated rings. The first-order chi connectivity index (χ1) is 7.65. The Kier molecular flexibility index (Phi) is 3.64. The zero-order chi connectivity index (χ0) is 11.5. The Balaban J connectivity index is 2.30. The minimum atomic E-state index is 0.677. The summed E-state index contributed by atoms with van der Waals surface area (Å²) >= 11 is 13.5. The van der Waals surface area contributed by atoms with E-state index in [9.17, 15) is 0 Å². The summed E-state index contributed by atoms with van der Waals surface area (Å²) in [7, 11) is 0. The fourth-order valence-electron chi connectivity index (χ4n) is 1.26. The summed E-state index contributed by atoms with van der Waals surface area (Å²) in [5, 5.41) is 1.37. The summed E-state index contributed by atoms with van der Waals surface area (Å²) in [4.78, 5) is 1.98. The highest BCUT2D eigenvalue weighted by Crippen LogP contribution is 2.35. The zero-order valence-electron chi connectivity index (χ0n) is 8.28. The molecule has 2 N–H and O–H groups in total. The average Bonchev–Trinajstić information content (AvgIpc) is 2.24. The Morgan fingerprint density at radius 1 is 1.00 bits per heavy atom. The van der Waals surface area contributed by atoms with Crippen LogP contribution in [-0.4, -0.2) is 0 Å². The Bertz CT molecular complexity index is 514. The molecule has 2 rings (SSSR count). The lowest BCUT2D eigenvalue weighted by atomic mass is 10.3. The zero-order valence-corrected chi connectivity index (χ0v) is 10.6. The Morgan fingerprint density at radius 2 is 1.81 bits per heavy atom. The van der Waals surface area contributed by atoms with Gasteiger partial charge in [0.1, 0.15) is 0 Å². The molecule has 2 aromatic rings. The topological polar surface area (TPSA) is 26.0 Å². The van der Waals surface area contributed by atoms with Crippen molar-refractivity contribution >= 4 is 40.7 Å². The van der Waals surface area contributed by atoms with E-state index in [1.54, 1.807) is 23.9 Å². The largest absolute Gasteiger partial charge is 0.399 e. The molecule has 0 saturated carbocycles. The molecule has 0 aliphatic heterocycles. The van der Waals surface area contributed by atoms with Crippen molar-refractivity contribution in [3.63, 3.8) is 0 Å². The Labute approximate surface area is 109 Å². The fourth-order valence-corrected chi connectivity index (χ4v) is 2.68. The lowest BCUT2D eigenvalue weighted by Gasteiger charge is -2.05. The highest BCUT2D eigenvalue weighted by molar-refractivity contribution is 7.99. The van der Waals surface area contributed by atoms with Gasteiger partial charge in [0.05, 0.1) is 5.02 Å². The van der Waals surface area contributed by atoms with Crippen molar-refractivity contribution in [1.82, 2.24) is 0 Å². The summed E-state index contributed by atoms with van der Waals surface area (Å²) in [6.07, 6.45) is 0. The maximum absolute atomic E-state index is 6.08. The molecule has 0 heterocycles. The van der Waals surface area contributed by atoms with E-state index in [0.717, 1.165) is 15.5 Å². The van der Waals surface area contributed by atoms with Crippen LogP contribution >= 0.6 is 35.0 Å². The van der Waals surface area contributed by atoms with Gasteiger partial charge in [0, 0.05) is 20.5 Å². The van der Waals surface area contributed by atoms with Gasteiger partial charge in [-0.15, -0.1) is 0 Å². The first-order valence-electron chi connectivity index (χ1n) is 4.63. The monoisotopic (exact) mass is 269 g/mol. The normalized spacial score (nSPS) is 10.4. The van der Waals surface area contributed by atoms with E-state index in [1.165, 1.54) is 0 Å². The molecule has 0 spiro atoms. The van der Waals surface area contributed by atoms with E-state index in [0.29, 0.717) is 10.0 Å². The van der Waals surface area contributed by atoms with E-state index in [-0.39, 0.29) is 0 Å². The fraction of sp³-hybridized carbons (Fsp3) is 0. The van der Waals surface area contributed by atoms with E-state index >= 15 is 0 Å². The Morgan fingerprint density at radius 3 is 2.56 bits per heavy atom. The van der Waals surface area contributed by atoms with Crippen LogP contribution in [0.25, 0.3) is 0 Å². The molecule has 0 atom stereocenters. The van der Waals surface area contributed by atoms with Crippen molar-refractivity contribution < 1.29 is 0 Å². The van der Waals surface area contributed by atoms with Crippen LogP contribution in [0, 0.1) is 0 Å². The third kappa shape index (κ3) is 2.85. The molecule has 0 amide bonds. The number of anilines is 1. The van der Waals surface area contributed by atoms with Gasteiger partial charge in [-0.2, -0.15) is 0 Å². The second-order valence-corrected chi connectivity index (χ2v) is 5.21. The van der Waals surface area contributed by atoms with Gasteiger partial charge in [-0.25, -0.2) is 0 Å². The van der Waals surface area contributed by atoms with Crippen LogP contribution in [0.2, 0.25) is 10.0 Å². The minimum Gasteiger partial charge on any atom is -0.399 e. The van der Waals surface area contributed by atoms with E-state index in [2.05, 4.69) is 0 Å². The van der Waals surface area contributed by atoms with Crippen LogP contribution in [0.3, 0.4) is 0 Å². The van der Waals surface area contributed by atoms with Gasteiger partial charge in [0.2, 0.25) is 0 Å². The number of nitrogens with two attached hydrogens (primary N) is 1. The van der Waals surface area contributed by atoms with Crippen molar-refractivity contribution in [3.8, 4) is 0 Å². The van der Waals surface area contributed by atoms with E-state index in [1.807, 2.05) is 30.3 Å². The van der Waals surface area contributed by atoms with Crippen molar-refractivity contribution in [2.45, 2.75) is 9.79 Å². The van der Waals surface area contributed by atoms with E-state index < -0.39 is 0 Å². The summed E-state index contributed by atoms with van der Waals surface area (Å²) in [5.74, 6) is 0. The smallest absolute Gasteiger partial charge is 0.0546 e. The summed E-state index contributed by atoms with van der Waals surface area (Å²) in [5.41, 5.74) is 6.45. The van der Waals surface area contributed by atoms with Gasteiger partial charge >= 0.3 is 0 Å². The molecule has 0 aliphatic rings. The van der Waals surface area contributed by atoms with Gasteiger partial charge in [-0.1, -0.05) is 41.0 Å². The van der Waals surface area contributed by atoms with Gasteiger partial charge in [-0.3, -0.25) is 0 Å². The summed E-state index contributed by atoms with van der Waals surface area (Å²) in [6, 6.07) is 13.1. The van der Waals surface area contributed by atoms with E-state index in [4.69, 9.17) is 28.9 Å². The standard InChI is InChI=1S/C12H9Cl2NS/c13-8-4-5-11(14)12(6-8)16-10-3-1-2-9(15)7-10/h1-7H,15H2. The van der Waals surface area contributed by atoms with Crippen LogP contribution in [0.5, 0.6) is 0 Å². The Hall–Kier alpha value is -0.830. The molecule has 0 bridgehead atoms. The molecule has 0 saturated heterocycles.